The first kappa shape index (κ1) is 24.2. The van der Waals surface area contributed by atoms with Crippen LogP contribution in [0, 0.1) is 0 Å². The summed E-state index contributed by atoms with van der Waals surface area (Å²) in [6.45, 7) is 3.11. The molecular weight excluding hydrogens is 442 g/mol. The van der Waals surface area contributed by atoms with Gasteiger partial charge in [-0.1, -0.05) is 30.3 Å². The number of aromatic nitrogens is 1. The van der Waals surface area contributed by atoms with Crippen LogP contribution >= 0.6 is 0 Å². The summed E-state index contributed by atoms with van der Waals surface area (Å²) in [5, 5.41) is 13.5. The van der Waals surface area contributed by atoms with Crippen LogP contribution in [0.15, 0.2) is 36.4 Å². The third kappa shape index (κ3) is 5.68. The molecule has 188 valence electrons. The molecule has 5 rings (SSSR count). The second-order valence-corrected chi connectivity index (χ2v) is 10.1. The lowest BCUT2D eigenvalue weighted by Gasteiger charge is -2.26. The summed E-state index contributed by atoms with van der Waals surface area (Å²) in [5.74, 6) is 0.567. The number of likely N-dealkylation sites (tertiary alicyclic amines) is 1. The number of nitrogens with one attached hydrogen (secondary N) is 1. The number of benzene rings is 1. The van der Waals surface area contributed by atoms with Crippen molar-refractivity contribution in [1.29, 1.82) is 0 Å². The topological polar surface area (TPSA) is 83.9 Å². The van der Waals surface area contributed by atoms with Crippen LogP contribution in [0.5, 0.6) is 0 Å². The summed E-state index contributed by atoms with van der Waals surface area (Å²) in [7, 11) is 1.73. The van der Waals surface area contributed by atoms with Gasteiger partial charge in [0.2, 0.25) is 0 Å². The van der Waals surface area contributed by atoms with Crippen LogP contribution in [-0.2, 0) is 27.1 Å². The van der Waals surface area contributed by atoms with Gasteiger partial charge in [-0.25, -0.2) is 4.98 Å². The molecule has 2 unspecified atom stereocenters. The molecular formula is C28H37N3O4. The minimum Gasteiger partial charge on any atom is -0.480 e. The Morgan fingerprint density at radius 3 is 2.97 bits per heavy atom. The summed E-state index contributed by atoms with van der Waals surface area (Å²) >= 11 is 0. The SMILES string of the molecule is CO[C@H]1CC1c1ccccc1C(C(=O)O)N1CC[C@@H](OCCCCc2ccc3c(n2)NCCC3)C1. The maximum Gasteiger partial charge on any atom is 0.325 e. The Morgan fingerprint density at radius 1 is 1.26 bits per heavy atom. The van der Waals surface area contributed by atoms with E-state index in [0.29, 0.717) is 19.1 Å². The molecule has 1 saturated heterocycles. The Bertz CT molecular complexity index is 1030. The molecule has 1 saturated carbocycles. The predicted octanol–water partition coefficient (Wildman–Crippen LogP) is 4.18. The van der Waals surface area contributed by atoms with E-state index in [-0.39, 0.29) is 12.2 Å². The Labute approximate surface area is 207 Å². The van der Waals surface area contributed by atoms with E-state index in [1.165, 1.54) is 12.0 Å². The molecule has 2 N–H and O–H groups in total. The van der Waals surface area contributed by atoms with Crippen molar-refractivity contribution in [3.05, 3.63) is 58.8 Å². The van der Waals surface area contributed by atoms with Crippen LogP contribution < -0.4 is 5.32 Å². The van der Waals surface area contributed by atoms with Gasteiger partial charge in [-0.2, -0.15) is 0 Å². The quantitative estimate of drug-likeness (QED) is 0.468. The Balaban J connectivity index is 1.10. The number of carboxylic acids is 1. The molecule has 0 spiro atoms. The number of ether oxygens (including phenoxy) is 2. The van der Waals surface area contributed by atoms with Gasteiger partial charge < -0.3 is 19.9 Å². The number of hydrogen-bond acceptors (Lipinski definition) is 6. The number of pyridine rings is 1. The molecule has 3 aliphatic rings. The Kier molecular flexibility index (Phi) is 7.66. The lowest BCUT2D eigenvalue weighted by Crippen LogP contribution is -2.34. The van der Waals surface area contributed by atoms with Gasteiger partial charge in [-0.05, 0) is 67.7 Å². The fourth-order valence-electron chi connectivity index (χ4n) is 5.63. The number of rotatable bonds is 11. The summed E-state index contributed by atoms with van der Waals surface area (Å²) in [5.41, 5.74) is 4.48. The smallest absolute Gasteiger partial charge is 0.325 e. The highest BCUT2D eigenvalue weighted by Gasteiger charge is 2.43. The number of nitrogens with zero attached hydrogens (tertiary/aromatic N) is 2. The highest BCUT2D eigenvalue weighted by Crippen LogP contribution is 2.46. The number of methoxy groups -OCH3 is 1. The van der Waals surface area contributed by atoms with E-state index >= 15 is 0 Å². The van der Waals surface area contributed by atoms with Crippen molar-refractivity contribution in [3.63, 3.8) is 0 Å². The van der Waals surface area contributed by atoms with E-state index in [0.717, 1.165) is 74.3 Å². The van der Waals surface area contributed by atoms with Gasteiger partial charge in [0.1, 0.15) is 11.9 Å². The molecule has 1 aromatic heterocycles. The van der Waals surface area contributed by atoms with E-state index in [1.807, 2.05) is 18.2 Å². The highest BCUT2D eigenvalue weighted by atomic mass is 16.5. The molecule has 0 amide bonds. The van der Waals surface area contributed by atoms with Gasteiger partial charge >= 0.3 is 5.97 Å². The van der Waals surface area contributed by atoms with Crippen LogP contribution in [0.3, 0.4) is 0 Å². The molecule has 35 heavy (non-hydrogen) atoms. The first-order valence-electron chi connectivity index (χ1n) is 13.1. The van der Waals surface area contributed by atoms with Gasteiger partial charge in [-0.15, -0.1) is 0 Å². The maximum atomic E-state index is 12.3. The zero-order valence-corrected chi connectivity index (χ0v) is 20.6. The van der Waals surface area contributed by atoms with Crippen LogP contribution in [-0.4, -0.2) is 66.5 Å². The average molecular weight is 480 g/mol. The van der Waals surface area contributed by atoms with Crippen LogP contribution in [0.25, 0.3) is 0 Å². The monoisotopic (exact) mass is 479 g/mol. The second-order valence-electron chi connectivity index (χ2n) is 10.1. The fourth-order valence-corrected chi connectivity index (χ4v) is 5.63. The lowest BCUT2D eigenvalue weighted by molar-refractivity contribution is -0.143. The van der Waals surface area contributed by atoms with Crippen molar-refractivity contribution in [2.45, 2.75) is 69.1 Å². The second kappa shape index (κ2) is 11.1. The largest absolute Gasteiger partial charge is 0.480 e. The molecule has 0 radical (unpaired) electrons. The van der Waals surface area contributed by atoms with E-state index in [4.69, 9.17) is 14.5 Å². The number of aryl methyl sites for hydroxylation is 2. The molecule has 2 aromatic rings. The summed E-state index contributed by atoms with van der Waals surface area (Å²) < 4.78 is 11.7. The van der Waals surface area contributed by atoms with Crippen LogP contribution in [0.1, 0.15) is 66.4 Å². The molecule has 2 fully saturated rings. The number of carboxylic acid groups (broad SMARTS) is 1. The minimum atomic E-state index is -0.792. The number of aliphatic carboxylic acids is 1. The molecule has 7 nitrogen and oxygen atoms in total. The Hall–Kier alpha value is -2.48. The van der Waals surface area contributed by atoms with E-state index in [2.05, 4.69) is 28.4 Å². The van der Waals surface area contributed by atoms with E-state index < -0.39 is 12.0 Å². The van der Waals surface area contributed by atoms with Crippen molar-refractivity contribution in [1.82, 2.24) is 9.88 Å². The van der Waals surface area contributed by atoms with E-state index in [9.17, 15) is 9.90 Å². The molecule has 1 aromatic carbocycles. The lowest BCUT2D eigenvalue weighted by atomic mass is 9.96. The number of anilines is 1. The van der Waals surface area contributed by atoms with Gasteiger partial charge in [0, 0.05) is 45.0 Å². The first-order chi connectivity index (χ1) is 17.1. The highest BCUT2D eigenvalue weighted by molar-refractivity contribution is 5.76. The molecule has 2 aliphatic heterocycles. The minimum absolute atomic E-state index is 0.0859. The molecule has 3 heterocycles. The standard InChI is InChI=1S/C28H37N3O4/c1-34-25-17-24(25)22-9-2-3-10-23(22)26(28(32)33)31-15-13-21(18-31)35-16-5-4-8-20-12-11-19-7-6-14-29-27(19)30-20/h2-3,9-12,21,24-26H,4-8,13-18H2,1H3,(H,29,30)(H,32,33)/t21-,24?,25+,26?/m1/s1. The first-order valence-corrected chi connectivity index (χ1v) is 13.1. The molecule has 4 atom stereocenters. The zero-order chi connectivity index (χ0) is 24.2. The van der Waals surface area contributed by atoms with Crippen molar-refractivity contribution >= 4 is 11.8 Å². The van der Waals surface area contributed by atoms with Crippen LogP contribution in [0.2, 0.25) is 0 Å². The van der Waals surface area contributed by atoms with E-state index in [1.54, 1.807) is 7.11 Å². The third-order valence-electron chi connectivity index (χ3n) is 7.63. The number of hydrogen-bond donors (Lipinski definition) is 2. The van der Waals surface area contributed by atoms with Crippen molar-refractivity contribution in [2.24, 2.45) is 0 Å². The number of fused-ring (bicyclic) bond motifs is 1. The summed E-state index contributed by atoms with van der Waals surface area (Å²) in [4.78, 5) is 19.2. The predicted molar refractivity (Wildman–Crippen MR) is 135 cm³/mol. The summed E-state index contributed by atoms with van der Waals surface area (Å²) in [6.07, 6.45) is 7.39. The molecule has 1 aliphatic carbocycles. The Morgan fingerprint density at radius 2 is 2.14 bits per heavy atom. The van der Waals surface area contributed by atoms with Crippen LogP contribution in [0.4, 0.5) is 5.82 Å². The zero-order valence-electron chi connectivity index (χ0n) is 20.6. The van der Waals surface area contributed by atoms with Crippen molar-refractivity contribution < 1.29 is 19.4 Å². The fraction of sp³-hybridized carbons (Fsp3) is 0.571. The van der Waals surface area contributed by atoms with Gasteiger partial charge in [0.15, 0.2) is 0 Å². The van der Waals surface area contributed by atoms with Gasteiger partial charge in [-0.3, -0.25) is 9.69 Å². The normalized spacial score (nSPS) is 24.5. The molecule has 7 heteroatoms. The average Bonchev–Trinajstić information content (AvgIpc) is 3.53. The molecule has 0 bridgehead atoms. The number of unbranched alkanes of at least 4 members (excludes halogenated alkanes) is 1. The number of carbonyl (C=O) groups is 1. The van der Waals surface area contributed by atoms with Gasteiger partial charge in [0.25, 0.3) is 0 Å². The van der Waals surface area contributed by atoms with Crippen molar-refractivity contribution in [2.75, 3.05) is 38.7 Å². The summed E-state index contributed by atoms with van der Waals surface area (Å²) in [6, 6.07) is 11.7. The maximum absolute atomic E-state index is 12.3. The van der Waals surface area contributed by atoms with Crippen molar-refractivity contribution in [3.8, 4) is 0 Å². The van der Waals surface area contributed by atoms with Gasteiger partial charge in [0.05, 0.1) is 12.2 Å². The third-order valence-corrected chi connectivity index (χ3v) is 7.63.